The van der Waals surface area contributed by atoms with E-state index in [9.17, 15) is 14.4 Å². The summed E-state index contributed by atoms with van der Waals surface area (Å²) < 4.78 is 6.08. The van der Waals surface area contributed by atoms with Crippen molar-refractivity contribution in [1.29, 1.82) is 0 Å². The van der Waals surface area contributed by atoms with Crippen molar-refractivity contribution in [3.8, 4) is 0 Å². The topological polar surface area (TPSA) is 93.2 Å². The van der Waals surface area contributed by atoms with E-state index in [2.05, 4.69) is 10.3 Å². The molecule has 0 aromatic carbocycles. The fourth-order valence-corrected chi connectivity index (χ4v) is 1.75. The van der Waals surface area contributed by atoms with Crippen LogP contribution in [0.4, 0.5) is 5.82 Å². The highest BCUT2D eigenvalue weighted by atomic mass is 16.5. The quantitative estimate of drug-likeness (QED) is 0.697. The summed E-state index contributed by atoms with van der Waals surface area (Å²) in [6.07, 6.45) is 1.70. The van der Waals surface area contributed by atoms with Gasteiger partial charge in [-0.25, -0.2) is 4.79 Å². The van der Waals surface area contributed by atoms with Crippen LogP contribution in [0.25, 0.3) is 0 Å². The number of anilines is 1. The monoisotopic (exact) mass is 297 g/mol. The van der Waals surface area contributed by atoms with Crippen LogP contribution >= 0.6 is 0 Å². The Balaban J connectivity index is 2.63. The smallest absolute Gasteiger partial charge is 0.329 e. The van der Waals surface area contributed by atoms with Gasteiger partial charge in [0.2, 0.25) is 0 Å². The molecule has 7 heteroatoms. The van der Waals surface area contributed by atoms with Gasteiger partial charge in [0.05, 0.1) is 6.61 Å². The van der Waals surface area contributed by atoms with Crippen LogP contribution in [0.2, 0.25) is 0 Å². The van der Waals surface area contributed by atoms with E-state index in [0.29, 0.717) is 25.5 Å². The highest BCUT2D eigenvalue weighted by Gasteiger charge is 2.07. The Kier molecular flexibility index (Phi) is 6.71. The molecule has 0 radical (unpaired) electrons. The fourth-order valence-electron chi connectivity index (χ4n) is 1.75. The molecule has 2 N–H and O–H groups in total. The van der Waals surface area contributed by atoms with Crippen LogP contribution in [0.1, 0.15) is 33.6 Å². The average molecular weight is 297 g/mol. The Hall–Kier alpha value is -2.05. The molecule has 21 heavy (non-hydrogen) atoms. The normalized spacial score (nSPS) is 12.0. The first-order valence-electron chi connectivity index (χ1n) is 7.15. The summed E-state index contributed by atoms with van der Waals surface area (Å²) in [6.45, 7) is 6.46. The first-order chi connectivity index (χ1) is 9.93. The number of hydrogen-bond acceptors (Lipinski definition) is 5. The van der Waals surface area contributed by atoms with Crippen molar-refractivity contribution in [1.82, 2.24) is 9.55 Å². The second-order valence-electron chi connectivity index (χ2n) is 5.12. The molecule has 0 spiro atoms. The highest BCUT2D eigenvalue weighted by molar-refractivity contribution is 5.65. The zero-order chi connectivity index (χ0) is 15.8. The van der Waals surface area contributed by atoms with Crippen LogP contribution in [0.3, 0.4) is 0 Å². The summed E-state index contributed by atoms with van der Waals surface area (Å²) in [4.78, 5) is 37.0. The third kappa shape index (κ3) is 5.85. The maximum atomic E-state index is 11.9. The first-order valence-corrected chi connectivity index (χ1v) is 7.15. The van der Waals surface area contributed by atoms with Crippen LogP contribution in [0, 0.1) is 5.92 Å². The third-order valence-corrected chi connectivity index (χ3v) is 2.97. The summed E-state index contributed by atoms with van der Waals surface area (Å²) >= 11 is 0. The largest absolute Gasteiger partial charge is 0.466 e. The second-order valence-corrected chi connectivity index (χ2v) is 5.12. The van der Waals surface area contributed by atoms with Crippen molar-refractivity contribution in [2.24, 2.45) is 5.92 Å². The number of aromatic nitrogens is 2. The molecule has 0 amide bonds. The summed E-state index contributed by atoms with van der Waals surface area (Å²) in [6, 6.07) is 1.37. The zero-order valence-corrected chi connectivity index (χ0v) is 12.8. The molecule has 0 aliphatic carbocycles. The van der Waals surface area contributed by atoms with E-state index in [1.54, 1.807) is 0 Å². The molecule has 7 nitrogen and oxygen atoms in total. The van der Waals surface area contributed by atoms with E-state index in [1.165, 1.54) is 17.6 Å². The van der Waals surface area contributed by atoms with E-state index >= 15 is 0 Å². The molecule has 1 aromatic rings. The lowest BCUT2D eigenvalue weighted by Gasteiger charge is -2.13. The zero-order valence-electron chi connectivity index (χ0n) is 12.8. The van der Waals surface area contributed by atoms with E-state index in [1.807, 2.05) is 13.8 Å². The number of nitrogens with zero attached hydrogens (tertiary/aromatic N) is 1. The number of carbonyl (C=O) groups is 1. The molecule has 0 saturated heterocycles. The molecule has 1 rings (SSSR count). The predicted octanol–water partition coefficient (Wildman–Crippen LogP) is 0.948. The van der Waals surface area contributed by atoms with Crippen molar-refractivity contribution in [3.05, 3.63) is 26.9 Å². The van der Waals surface area contributed by atoms with Gasteiger partial charge >= 0.3 is 11.7 Å². The molecule has 0 unspecified atom stereocenters. The molecule has 118 valence electrons. The van der Waals surface area contributed by atoms with Crippen LogP contribution in [0.15, 0.2) is 15.7 Å². The summed E-state index contributed by atoms with van der Waals surface area (Å²) in [5.74, 6) is 0.126. The van der Waals surface area contributed by atoms with Gasteiger partial charge in [-0.2, -0.15) is 0 Å². The lowest BCUT2D eigenvalue weighted by molar-refractivity contribution is -0.142. The van der Waals surface area contributed by atoms with Gasteiger partial charge in [0, 0.05) is 32.0 Å². The summed E-state index contributed by atoms with van der Waals surface area (Å²) in [5, 5.41) is 2.97. The minimum absolute atomic E-state index is 0.0694. The van der Waals surface area contributed by atoms with Crippen LogP contribution in [-0.2, 0) is 16.1 Å². The molecule has 0 fully saturated rings. The number of hydrogen-bond donors (Lipinski definition) is 2. The van der Waals surface area contributed by atoms with Gasteiger partial charge in [-0.3, -0.25) is 19.1 Å². The number of unbranched alkanes of at least 4 members (excludes halogenated alkanes) is 1. The molecule has 0 bridgehead atoms. The van der Waals surface area contributed by atoms with Crippen LogP contribution < -0.4 is 16.6 Å². The molecule has 1 atom stereocenters. The third-order valence-electron chi connectivity index (χ3n) is 2.97. The number of H-pyrrole nitrogens is 1. The number of rotatable bonds is 8. The minimum atomic E-state index is -0.411. The standard InChI is InChI=1S/C14H23N3O4/c1-4-5-6-17-13(19)7-12(16-14(17)20)15-8-10(2)9-21-11(3)18/h7,10,15H,4-6,8-9H2,1-3H3,(H,16,20)/t10-/m1/s1. The maximum Gasteiger partial charge on any atom is 0.329 e. The minimum Gasteiger partial charge on any atom is -0.466 e. The second kappa shape index (κ2) is 8.28. The number of aromatic amines is 1. The van der Waals surface area contributed by atoms with Gasteiger partial charge in [0.25, 0.3) is 5.56 Å². The van der Waals surface area contributed by atoms with E-state index in [0.717, 1.165) is 12.8 Å². The Morgan fingerprint density at radius 2 is 2.19 bits per heavy atom. The predicted molar refractivity (Wildman–Crippen MR) is 80.5 cm³/mol. The molecule has 1 aromatic heterocycles. The number of nitrogens with one attached hydrogen (secondary N) is 2. The van der Waals surface area contributed by atoms with E-state index in [-0.39, 0.29) is 17.4 Å². The highest BCUT2D eigenvalue weighted by Crippen LogP contribution is 2.00. The van der Waals surface area contributed by atoms with Crippen LogP contribution in [0.5, 0.6) is 0 Å². The summed E-state index contributed by atoms with van der Waals surface area (Å²) in [7, 11) is 0. The van der Waals surface area contributed by atoms with Crippen molar-refractivity contribution < 1.29 is 9.53 Å². The first kappa shape index (κ1) is 17.0. The van der Waals surface area contributed by atoms with Gasteiger partial charge in [-0.15, -0.1) is 0 Å². The fraction of sp³-hybridized carbons (Fsp3) is 0.643. The van der Waals surface area contributed by atoms with Gasteiger partial charge in [-0.05, 0) is 6.42 Å². The van der Waals surface area contributed by atoms with Gasteiger partial charge in [0.15, 0.2) is 0 Å². The van der Waals surface area contributed by atoms with Crippen molar-refractivity contribution in [2.45, 2.75) is 40.2 Å². The lowest BCUT2D eigenvalue weighted by Crippen LogP contribution is -2.35. The van der Waals surface area contributed by atoms with Gasteiger partial charge < -0.3 is 10.1 Å². The summed E-state index contributed by atoms with van der Waals surface area (Å²) in [5.41, 5.74) is -0.728. The molecule has 0 aliphatic rings. The Morgan fingerprint density at radius 1 is 1.48 bits per heavy atom. The lowest BCUT2D eigenvalue weighted by atomic mass is 10.2. The Labute approximate surface area is 123 Å². The van der Waals surface area contributed by atoms with E-state index in [4.69, 9.17) is 4.74 Å². The van der Waals surface area contributed by atoms with Gasteiger partial charge in [0.1, 0.15) is 5.82 Å². The number of carbonyl (C=O) groups excluding carboxylic acids is 1. The van der Waals surface area contributed by atoms with E-state index < -0.39 is 5.69 Å². The molecular formula is C14H23N3O4. The Bertz CT molecular complexity index is 545. The van der Waals surface area contributed by atoms with Crippen molar-refractivity contribution in [2.75, 3.05) is 18.5 Å². The number of esters is 1. The average Bonchev–Trinajstić information content (AvgIpc) is 2.42. The molecule has 1 heterocycles. The van der Waals surface area contributed by atoms with Crippen LogP contribution in [-0.4, -0.2) is 28.7 Å². The molecule has 0 aliphatic heterocycles. The Morgan fingerprint density at radius 3 is 2.76 bits per heavy atom. The SMILES string of the molecule is CCCCn1c(=O)cc(NC[C@@H](C)COC(C)=O)[nH]c1=O. The van der Waals surface area contributed by atoms with Gasteiger partial charge in [-0.1, -0.05) is 20.3 Å². The maximum absolute atomic E-state index is 11.9. The van der Waals surface area contributed by atoms with Crippen molar-refractivity contribution in [3.63, 3.8) is 0 Å². The van der Waals surface area contributed by atoms with Crippen molar-refractivity contribution >= 4 is 11.8 Å². The number of ether oxygens (including phenoxy) is 1. The molecular weight excluding hydrogens is 274 g/mol. The molecule has 0 saturated carbocycles.